The number of carbonyl (C=O) groups excluding carboxylic acids is 1. The minimum atomic E-state index is -0.322. The van der Waals surface area contributed by atoms with Crippen molar-refractivity contribution in [2.45, 2.75) is 13.5 Å². The van der Waals surface area contributed by atoms with Crippen LogP contribution in [0.15, 0.2) is 73.2 Å². The molecule has 2 amide bonds. The van der Waals surface area contributed by atoms with Crippen LogP contribution in [0.5, 0.6) is 5.75 Å². The van der Waals surface area contributed by atoms with E-state index in [0.29, 0.717) is 18.0 Å². The number of methoxy groups -OCH3 is 1. The lowest BCUT2D eigenvalue weighted by Crippen LogP contribution is -2.20. The first-order valence-corrected chi connectivity index (χ1v) is 10.3. The highest BCUT2D eigenvalue weighted by atomic mass is 16.5. The minimum absolute atomic E-state index is 0.322. The van der Waals surface area contributed by atoms with Crippen LogP contribution in [0.1, 0.15) is 11.1 Å². The fourth-order valence-corrected chi connectivity index (χ4v) is 3.99. The number of nitrogens with zero attached hydrogens (tertiary/aromatic N) is 2. The molecule has 0 saturated heterocycles. The maximum Gasteiger partial charge on any atom is 0.323 e. The number of fused-ring (bicyclic) bond motifs is 2. The third-order valence-corrected chi connectivity index (χ3v) is 5.54. The topological polar surface area (TPSA) is 84.0 Å². The van der Waals surface area contributed by atoms with Crippen LogP contribution in [0, 0.1) is 6.92 Å². The number of benzene rings is 2. The van der Waals surface area contributed by atoms with Gasteiger partial charge in [0.1, 0.15) is 11.4 Å². The summed E-state index contributed by atoms with van der Waals surface area (Å²) in [6, 6.07) is 17.3. The maximum absolute atomic E-state index is 12.7. The molecule has 2 aromatic carbocycles. The summed E-state index contributed by atoms with van der Waals surface area (Å²) in [5.41, 5.74) is 5.48. The van der Waals surface area contributed by atoms with Crippen molar-refractivity contribution in [2.75, 3.05) is 17.7 Å². The molecule has 7 heteroatoms. The Bertz CT molecular complexity index is 1430. The average Bonchev–Trinajstić information content (AvgIpc) is 3.39. The van der Waals surface area contributed by atoms with E-state index >= 15 is 0 Å². The quantitative estimate of drug-likeness (QED) is 0.346. The molecule has 0 radical (unpaired) electrons. The number of hydrogen-bond acceptors (Lipinski definition) is 3. The fraction of sp³-hybridized carbons (Fsp3) is 0.120. The van der Waals surface area contributed by atoms with Crippen molar-refractivity contribution < 1.29 is 9.53 Å². The lowest BCUT2D eigenvalue weighted by atomic mass is 10.2. The number of aromatic nitrogens is 3. The van der Waals surface area contributed by atoms with E-state index in [9.17, 15) is 4.79 Å². The molecule has 0 fully saturated rings. The third kappa shape index (κ3) is 3.65. The monoisotopic (exact) mass is 425 g/mol. The Kier molecular flexibility index (Phi) is 4.99. The normalized spacial score (nSPS) is 11.1. The second-order valence-corrected chi connectivity index (χ2v) is 7.68. The van der Waals surface area contributed by atoms with E-state index in [4.69, 9.17) is 4.74 Å². The highest BCUT2D eigenvalue weighted by Crippen LogP contribution is 2.28. The first kappa shape index (κ1) is 19.7. The first-order valence-electron chi connectivity index (χ1n) is 10.3. The third-order valence-electron chi connectivity index (χ3n) is 5.54. The van der Waals surface area contributed by atoms with Crippen LogP contribution in [0.2, 0.25) is 0 Å². The van der Waals surface area contributed by atoms with Gasteiger partial charge in [-0.3, -0.25) is 0 Å². The van der Waals surface area contributed by atoms with Crippen LogP contribution in [0.25, 0.3) is 21.9 Å². The van der Waals surface area contributed by atoms with Gasteiger partial charge in [-0.15, -0.1) is 0 Å². The summed E-state index contributed by atoms with van der Waals surface area (Å²) in [5, 5.41) is 7.93. The second kappa shape index (κ2) is 8.11. The number of carbonyl (C=O) groups is 1. The Morgan fingerprint density at radius 1 is 1.06 bits per heavy atom. The summed E-state index contributed by atoms with van der Waals surface area (Å²) in [7, 11) is 1.58. The summed E-state index contributed by atoms with van der Waals surface area (Å²) < 4.78 is 7.52. The van der Waals surface area contributed by atoms with Crippen molar-refractivity contribution in [2.24, 2.45) is 0 Å². The maximum atomic E-state index is 12.7. The van der Waals surface area contributed by atoms with Gasteiger partial charge in [0, 0.05) is 35.9 Å². The molecule has 3 aromatic heterocycles. The molecule has 5 aromatic rings. The van der Waals surface area contributed by atoms with Crippen LogP contribution in [-0.4, -0.2) is 27.7 Å². The molecule has 160 valence electrons. The van der Waals surface area contributed by atoms with Crippen molar-refractivity contribution in [3.8, 4) is 5.75 Å². The first-order chi connectivity index (χ1) is 15.6. The number of aryl methyl sites for hydroxylation is 1. The number of amides is 2. The molecule has 7 nitrogen and oxygen atoms in total. The molecular formula is C25H23N5O2. The van der Waals surface area contributed by atoms with Crippen LogP contribution in [-0.2, 0) is 6.54 Å². The van der Waals surface area contributed by atoms with Crippen LogP contribution in [0.3, 0.4) is 0 Å². The Balaban J connectivity index is 1.40. The molecule has 3 heterocycles. The zero-order valence-corrected chi connectivity index (χ0v) is 17.8. The van der Waals surface area contributed by atoms with Gasteiger partial charge in [-0.2, -0.15) is 0 Å². The summed E-state index contributed by atoms with van der Waals surface area (Å²) >= 11 is 0. The smallest absolute Gasteiger partial charge is 0.323 e. The van der Waals surface area contributed by atoms with Gasteiger partial charge in [0.2, 0.25) is 0 Å². The second-order valence-electron chi connectivity index (χ2n) is 7.68. The predicted molar refractivity (Wildman–Crippen MR) is 128 cm³/mol. The Labute approximate surface area is 185 Å². The zero-order valence-electron chi connectivity index (χ0n) is 17.8. The number of anilines is 2. The molecule has 0 aliphatic rings. The molecule has 0 aliphatic carbocycles. The van der Waals surface area contributed by atoms with Crippen molar-refractivity contribution >= 4 is 39.3 Å². The Morgan fingerprint density at radius 2 is 1.94 bits per heavy atom. The van der Waals surface area contributed by atoms with Crippen LogP contribution >= 0.6 is 0 Å². The number of rotatable bonds is 5. The zero-order chi connectivity index (χ0) is 22.1. The highest BCUT2D eigenvalue weighted by molar-refractivity contribution is 6.06. The van der Waals surface area contributed by atoms with E-state index in [-0.39, 0.29) is 6.03 Å². The summed E-state index contributed by atoms with van der Waals surface area (Å²) in [5.74, 6) is 0.614. The Morgan fingerprint density at radius 3 is 2.81 bits per heavy atom. The molecule has 0 aliphatic heterocycles. The molecular weight excluding hydrogens is 402 g/mol. The van der Waals surface area contributed by atoms with Crippen LogP contribution in [0.4, 0.5) is 16.2 Å². The molecule has 0 bridgehead atoms. The lowest BCUT2D eigenvalue weighted by molar-refractivity contribution is 0.262. The number of nitrogens with one attached hydrogen (secondary N) is 3. The Hall–Kier alpha value is -4.26. The molecule has 32 heavy (non-hydrogen) atoms. The van der Waals surface area contributed by atoms with E-state index in [1.165, 1.54) is 0 Å². The molecule has 0 unspecified atom stereocenters. The van der Waals surface area contributed by atoms with E-state index in [0.717, 1.165) is 38.8 Å². The number of ether oxygens (including phenoxy) is 1. The van der Waals surface area contributed by atoms with Crippen molar-refractivity contribution in [3.05, 3.63) is 84.3 Å². The van der Waals surface area contributed by atoms with Crippen molar-refractivity contribution in [1.29, 1.82) is 0 Å². The highest BCUT2D eigenvalue weighted by Gasteiger charge is 2.12. The van der Waals surface area contributed by atoms with E-state index in [1.54, 1.807) is 13.3 Å². The molecule has 0 saturated carbocycles. The fourth-order valence-electron chi connectivity index (χ4n) is 3.99. The number of hydrogen-bond donors (Lipinski definition) is 3. The van der Waals surface area contributed by atoms with Gasteiger partial charge in [0.05, 0.1) is 24.0 Å². The summed E-state index contributed by atoms with van der Waals surface area (Å²) in [6.45, 7) is 2.67. The van der Waals surface area contributed by atoms with Gasteiger partial charge in [-0.1, -0.05) is 12.1 Å². The molecule has 5 rings (SSSR count). The molecule has 0 atom stereocenters. The standard InChI is InChI=1S/C25H23N5O2/c1-16-8-9-23(32-2)21(13-16)29-25(31)28-20-6-3-7-22-19(20)10-12-30(22)15-17-14-27-24-18(17)5-4-11-26-24/h3-14H,15H2,1-2H3,(H,26,27)(H2,28,29,31). The van der Waals surface area contributed by atoms with Gasteiger partial charge in [-0.25, -0.2) is 9.78 Å². The van der Waals surface area contributed by atoms with E-state index < -0.39 is 0 Å². The molecule has 3 N–H and O–H groups in total. The average molecular weight is 425 g/mol. The summed E-state index contributed by atoms with van der Waals surface area (Å²) in [6.07, 6.45) is 5.81. The predicted octanol–water partition coefficient (Wildman–Crippen LogP) is 5.53. The van der Waals surface area contributed by atoms with Gasteiger partial charge in [-0.05, 0) is 60.5 Å². The summed E-state index contributed by atoms with van der Waals surface area (Å²) in [4.78, 5) is 20.3. The minimum Gasteiger partial charge on any atom is -0.495 e. The number of urea groups is 1. The van der Waals surface area contributed by atoms with Gasteiger partial charge in [0.15, 0.2) is 0 Å². The van der Waals surface area contributed by atoms with Crippen molar-refractivity contribution in [1.82, 2.24) is 14.5 Å². The van der Waals surface area contributed by atoms with Gasteiger partial charge in [0.25, 0.3) is 0 Å². The van der Waals surface area contributed by atoms with Crippen LogP contribution < -0.4 is 15.4 Å². The number of pyridine rings is 1. The lowest BCUT2D eigenvalue weighted by Gasteiger charge is -2.13. The van der Waals surface area contributed by atoms with E-state index in [1.807, 2.05) is 61.8 Å². The number of H-pyrrole nitrogens is 1. The molecule has 0 spiro atoms. The SMILES string of the molecule is COc1ccc(C)cc1NC(=O)Nc1cccc2c1ccn2Cc1c[nH]c2ncccc12. The largest absolute Gasteiger partial charge is 0.495 e. The van der Waals surface area contributed by atoms with Gasteiger partial charge >= 0.3 is 6.03 Å². The van der Waals surface area contributed by atoms with Gasteiger partial charge < -0.3 is 24.9 Å². The van der Waals surface area contributed by atoms with Crippen molar-refractivity contribution in [3.63, 3.8) is 0 Å². The number of aromatic amines is 1. The van der Waals surface area contributed by atoms with E-state index in [2.05, 4.69) is 37.3 Å².